The van der Waals surface area contributed by atoms with Crippen molar-refractivity contribution in [3.8, 4) is 0 Å². The van der Waals surface area contributed by atoms with Crippen LogP contribution < -0.4 is 0 Å². The van der Waals surface area contributed by atoms with Crippen molar-refractivity contribution in [1.29, 1.82) is 0 Å². The molecule has 0 rings (SSSR count). The zero-order valence-corrected chi connectivity index (χ0v) is 11.8. The average Bonchev–Trinajstić information content (AvgIpc) is 2.22. The van der Waals surface area contributed by atoms with Gasteiger partial charge in [-0.05, 0) is 19.8 Å². The number of carboxylic acids is 1. The number of ketones is 1. The van der Waals surface area contributed by atoms with Gasteiger partial charge in [-0.2, -0.15) is 0 Å². The van der Waals surface area contributed by atoms with E-state index < -0.39 is 36.2 Å². The van der Waals surface area contributed by atoms with E-state index in [-0.39, 0.29) is 18.4 Å². The van der Waals surface area contributed by atoms with Crippen molar-refractivity contribution in [1.82, 2.24) is 0 Å². The molecular weight excluding hydrogens is 252 g/mol. The van der Waals surface area contributed by atoms with Gasteiger partial charge in [-0.3, -0.25) is 14.4 Å². The van der Waals surface area contributed by atoms with Crippen LogP contribution in [0.4, 0.5) is 0 Å². The molecule has 0 fully saturated rings. The molecule has 0 aliphatic carbocycles. The summed E-state index contributed by atoms with van der Waals surface area (Å²) in [5.41, 5.74) is 0. The number of aliphatic carboxylic acids is 1. The van der Waals surface area contributed by atoms with Crippen LogP contribution in [-0.4, -0.2) is 40.1 Å². The summed E-state index contributed by atoms with van der Waals surface area (Å²) >= 11 is 0. The van der Waals surface area contributed by atoms with Crippen LogP contribution in [0.25, 0.3) is 0 Å². The Morgan fingerprint density at radius 1 is 1.05 bits per heavy atom. The van der Waals surface area contributed by atoms with Crippen molar-refractivity contribution >= 4 is 17.7 Å². The van der Waals surface area contributed by atoms with E-state index in [4.69, 9.17) is 9.84 Å². The molecule has 0 aliphatic rings. The molecule has 0 radical (unpaired) electrons. The van der Waals surface area contributed by atoms with E-state index in [2.05, 4.69) is 0 Å². The molecule has 0 bridgehead atoms. The number of aliphatic hydroxyl groups excluding tert-OH is 1. The minimum atomic E-state index is -1.51. The number of rotatable bonds is 8. The van der Waals surface area contributed by atoms with Gasteiger partial charge < -0.3 is 14.9 Å². The van der Waals surface area contributed by atoms with Crippen LogP contribution in [-0.2, 0) is 19.1 Å². The highest BCUT2D eigenvalue weighted by Gasteiger charge is 2.29. The molecule has 0 aromatic rings. The lowest BCUT2D eigenvalue weighted by Gasteiger charge is -2.17. The summed E-state index contributed by atoms with van der Waals surface area (Å²) < 4.78 is 4.80. The average molecular weight is 274 g/mol. The lowest BCUT2D eigenvalue weighted by atomic mass is 9.89. The normalized spacial score (nSPS) is 14.3. The molecule has 2 atom stereocenters. The smallest absolute Gasteiger partial charge is 0.309 e. The first kappa shape index (κ1) is 17.6. The molecule has 110 valence electrons. The highest BCUT2D eigenvalue weighted by atomic mass is 16.5. The third kappa shape index (κ3) is 6.91. The zero-order valence-electron chi connectivity index (χ0n) is 11.8. The van der Waals surface area contributed by atoms with E-state index in [9.17, 15) is 19.5 Å². The van der Waals surface area contributed by atoms with Crippen molar-refractivity contribution in [3.63, 3.8) is 0 Å². The summed E-state index contributed by atoms with van der Waals surface area (Å²) in [7, 11) is 0. The van der Waals surface area contributed by atoms with Crippen molar-refractivity contribution < 1.29 is 29.3 Å². The van der Waals surface area contributed by atoms with E-state index >= 15 is 0 Å². The van der Waals surface area contributed by atoms with Gasteiger partial charge in [-0.25, -0.2) is 0 Å². The van der Waals surface area contributed by atoms with Gasteiger partial charge in [0.2, 0.25) is 0 Å². The van der Waals surface area contributed by atoms with E-state index in [1.165, 1.54) is 0 Å². The number of hydrogen-bond donors (Lipinski definition) is 2. The fourth-order valence-corrected chi connectivity index (χ4v) is 1.54. The second-order valence-corrected chi connectivity index (χ2v) is 5.12. The monoisotopic (exact) mass is 274 g/mol. The van der Waals surface area contributed by atoms with Gasteiger partial charge in [0.15, 0.2) is 5.78 Å². The summed E-state index contributed by atoms with van der Waals surface area (Å²) in [5.74, 6) is -3.49. The molecule has 0 amide bonds. The molecule has 0 saturated heterocycles. The van der Waals surface area contributed by atoms with Crippen LogP contribution in [0.3, 0.4) is 0 Å². The Kier molecular flexibility index (Phi) is 7.29. The maximum absolute atomic E-state index is 11.7. The SMILES string of the molecule is CC(C)OC(=O)CC(O)C(=O)CC(C(=O)O)C(C)C. The fourth-order valence-electron chi connectivity index (χ4n) is 1.54. The third-order valence-electron chi connectivity index (χ3n) is 2.64. The Morgan fingerprint density at radius 2 is 1.58 bits per heavy atom. The van der Waals surface area contributed by atoms with Gasteiger partial charge in [0.25, 0.3) is 0 Å². The Balaban J connectivity index is 4.41. The predicted octanol–water partition coefficient (Wildman–Crippen LogP) is 1.00. The maximum atomic E-state index is 11.7. The van der Waals surface area contributed by atoms with Gasteiger partial charge in [0, 0.05) is 6.42 Å². The molecule has 0 aliphatic heterocycles. The lowest BCUT2D eigenvalue weighted by molar-refractivity contribution is -0.152. The first-order valence-corrected chi connectivity index (χ1v) is 6.28. The van der Waals surface area contributed by atoms with Crippen molar-refractivity contribution in [2.45, 2.75) is 52.7 Å². The summed E-state index contributed by atoms with van der Waals surface area (Å²) in [4.78, 5) is 33.9. The number of carbonyl (C=O) groups excluding carboxylic acids is 2. The van der Waals surface area contributed by atoms with Crippen LogP contribution in [0, 0.1) is 11.8 Å². The summed E-state index contributed by atoms with van der Waals surface area (Å²) in [6, 6.07) is 0. The second-order valence-electron chi connectivity index (χ2n) is 5.12. The molecule has 19 heavy (non-hydrogen) atoms. The van der Waals surface area contributed by atoms with E-state index in [1.807, 2.05) is 0 Å². The molecule has 2 N–H and O–H groups in total. The molecular formula is C13H22O6. The van der Waals surface area contributed by atoms with Gasteiger partial charge in [-0.1, -0.05) is 13.8 Å². The van der Waals surface area contributed by atoms with Crippen LogP contribution in [0.2, 0.25) is 0 Å². The summed E-state index contributed by atoms with van der Waals surface area (Å²) in [6.45, 7) is 6.69. The van der Waals surface area contributed by atoms with Crippen LogP contribution in [0.5, 0.6) is 0 Å². The third-order valence-corrected chi connectivity index (χ3v) is 2.64. The van der Waals surface area contributed by atoms with Gasteiger partial charge in [0.05, 0.1) is 18.4 Å². The Morgan fingerprint density at radius 3 is 1.95 bits per heavy atom. The number of carboxylic acid groups (broad SMARTS) is 1. The first-order valence-electron chi connectivity index (χ1n) is 6.28. The zero-order chi connectivity index (χ0) is 15.2. The highest BCUT2D eigenvalue weighted by Crippen LogP contribution is 2.17. The number of ether oxygens (including phenoxy) is 1. The highest BCUT2D eigenvalue weighted by molar-refractivity contribution is 5.89. The van der Waals surface area contributed by atoms with Gasteiger partial charge >= 0.3 is 11.9 Å². The van der Waals surface area contributed by atoms with E-state index in [1.54, 1.807) is 27.7 Å². The van der Waals surface area contributed by atoms with Crippen LogP contribution >= 0.6 is 0 Å². The fraction of sp³-hybridized carbons (Fsp3) is 0.769. The Labute approximate surface area is 112 Å². The Bertz CT molecular complexity index is 334. The van der Waals surface area contributed by atoms with E-state index in [0.717, 1.165) is 0 Å². The largest absolute Gasteiger partial charge is 0.481 e. The van der Waals surface area contributed by atoms with Crippen molar-refractivity contribution in [3.05, 3.63) is 0 Å². The summed E-state index contributed by atoms with van der Waals surface area (Å²) in [6.07, 6.45) is -2.56. The number of carbonyl (C=O) groups is 3. The number of aliphatic hydroxyl groups is 1. The standard InChI is InChI=1S/C13H22O6/c1-7(2)9(13(17)18)5-10(14)11(15)6-12(16)19-8(3)4/h7-9,11,15H,5-6H2,1-4H3,(H,17,18). The number of hydrogen-bond acceptors (Lipinski definition) is 5. The molecule has 0 aromatic carbocycles. The summed E-state index contributed by atoms with van der Waals surface area (Å²) in [5, 5.41) is 18.5. The Hall–Kier alpha value is -1.43. The second kappa shape index (κ2) is 7.89. The number of esters is 1. The van der Waals surface area contributed by atoms with Crippen molar-refractivity contribution in [2.24, 2.45) is 11.8 Å². The first-order chi connectivity index (χ1) is 8.65. The quantitative estimate of drug-likeness (QED) is 0.640. The topological polar surface area (TPSA) is 101 Å². The molecule has 6 nitrogen and oxygen atoms in total. The van der Waals surface area contributed by atoms with Crippen LogP contribution in [0.1, 0.15) is 40.5 Å². The molecule has 0 saturated carbocycles. The molecule has 0 aromatic heterocycles. The van der Waals surface area contributed by atoms with Crippen molar-refractivity contribution in [2.75, 3.05) is 0 Å². The molecule has 6 heteroatoms. The molecule has 0 heterocycles. The van der Waals surface area contributed by atoms with Gasteiger partial charge in [-0.15, -0.1) is 0 Å². The molecule has 2 unspecified atom stereocenters. The number of Topliss-reactive ketones (excluding diaryl/α,β-unsaturated/α-hetero) is 1. The van der Waals surface area contributed by atoms with Gasteiger partial charge in [0.1, 0.15) is 6.10 Å². The minimum absolute atomic E-state index is 0.226. The predicted molar refractivity (Wildman–Crippen MR) is 67.4 cm³/mol. The lowest BCUT2D eigenvalue weighted by Crippen LogP contribution is -2.31. The maximum Gasteiger partial charge on any atom is 0.309 e. The molecule has 0 spiro atoms. The minimum Gasteiger partial charge on any atom is -0.481 e. The van der Waals surface area contributed by atoms with E-state index in [0.29, 0.717) is 0 Å². The van der Waals surface area contributed by atoms with Crippen LogP contribution in [0.15, 0.2) is 0 Å².